The Hall–Kier alpha value is -3.94. The van der Waals surface area contributed by atoms with Crippen LogP contribution in [0.1, 0.15) is 19.3 Å². The van der Waals surface area contributed by atoms with Gasteiger partial charge < -0.3 is 15.0 Å². The lowest BCUT2D eigenvalue weighted by Gasteiger charge is -2.15. The molecular weight excluding hydrogens is 416 g/mol. The van der Waals surface area contributed by atoms with Crippen molar-refractivity contribution in [2.45, 2.75) is 19.3 Å². The van der Waals surface area contributed by atoms with Crippen molar-refractivity contribution in [1.82, 2.24) is 24.4 Å². The summed E-state index contributed by atoms with van der Waals surface area (Å²) in [4.78, 5) is 28.1. The highest BCUT2D eigenvalue weighted by atomic mass is 16.5. The zero-order valence-electron chi connectivity index (χ0n) is 18.6. The third kappa shape index (κ3) is 4.37. The van der Waals surface area contributed by atoms with Crippen molar-refractivity contribution in [3.8, 4) is 22.8 Å². The molecule has 0 radical (unpaired) electrons. The molecule has 1 aliphatic rings. The smallest absolute Gasteiger partial charge is 0.222 e. The number of imidazole rings is 1. The number of rotatable bonds is 8. The maximum absolute atomic E-state index is 11.9. The fraction of sp³-hybridized carbons (Fsp3) is 0.280. The Balaban J connectivity index is 1.46. The molecule has 5 rings (SSSR count). The second kappa shape index (κ2) is 9.28. The zero-order valence-corrected chi connectivity index (χ0v) is 18.6. The van der Waals surface area contributed by atoms with Crippen molar-refractivity contribution in [3.63, 3.8) is 0 Å². The molecule has 1 aliphatic heterocycles. The molecule has 33 heavy (non-hydrogen) atoms. The molecule has 8 nitrogen and oxygen atoms in total. The third-order valence-electron chi connectivity index (χ3n) is 5.85. The van der Waals surface area contributed by atoms with Gasteiger partial charge in [0.1, 0.15) is 12.1 Å². The van der Waals surface area contributed by atoms with Gasteiger partial charge in [0.2, 0.25) is 5.91 Å². The Morgan fingerprint density at radius 1 is 1.06 bits per heavy atom. The molecule has 2 aromatic heterocycles. The van der Waals surface area contributed by atoms with Gasteiger partial charge >= 0.3 is 0 Å². The maximum atomic E-state index is 11.9. The SMILES string of the molecule is COc1ccc(-c2nc(NCCCN3CCCC3=O)c3ncn(-c4ccccc4)c3n2)cc1. The Morgan fingerprint density at radius 3 is 2.61 bits per heavy atom. The number of methoxy groups -OCH3 is 1. The topological polar surface area (TPSA) is 85.2 Å². The highest BCUT2D eigenvalue weighted by Crippen LogP contribution is 2.27. The maximum Gasteiger partial charge on any atom is 0.222 e. The Morgan fingerprint density at radius 2 is 1.88 bits per heavy atom. The second-order valence-corrected chi connectivity index (χ2v) is 8.01. The van der Waals surface area contributed by atoms with Gasteiger partial charge in [-0.3, -0.25) is 9.36 Å². The molecule has 1 N–H and O–H groups in total. The van der Waals surface area contributed by atoms with Gasteiger partial charge in [0.25, 0.3) is 0 Å². The van der Waals surface area contributed by atoms with Gasteiger partial charge in [0, 0.05) is 37.3 Å². The van der Waals surface area contributed by atoms with Gasteiger partial charge in [-0.05, 0) is 49.2 Å². The minimum absolute atomic E-state index is 0.253. The first-order valence-corrected chi connectivity index (χ1v) is 11.2. The summed E-state index contributed by atoms with van der Waals surface area (Å²) in [6.45, 7) is 2.31. The monoisotopic (exact) mass is 442 g/mol. The summed E-state index contributed by atoms with van der Waals surface area (Å²) >= 11 is 0. The van der Waals surface area contributed by atoms with Gasteiger partial charge in [-0.25, -0.2) is 15.0 Å². The fourth-order valence-electron chi connectivity index (χ4n) is 4.09. The molecule has 0 aliphatic carbocycles. The van der Waals surface area contributed by atoms with E-state index in [1.54, 1.807) is 13.4 Å². The molecule has 3 heterocycles. The second-order valence-electron chi connectivity index (χ2n) is 8.01. The fourth-order valence-corrected chi connectivity index (χ4v) is 4.09. The van der Waals surface area contributed by atoms with E-state index in [4.69, 9.17) is 14.7 Å². The summed E-state index contributed by atoms with van der Waals surface area (Å²) in [6, 6.07) is 17.7. The van der Waals surface area contributed by atoms with Gasteiger partial charge in [-0.1, -0.05) is 18.2 Å². The number of carbonyl (C=O) groups excluding carboxylic acids is 1. The van der Waals surface area contributed by atoms with Crippen LogP contribution in [0.15, 0.2) is 60.9 Å². The predicted octanol–water partition coefficient (Wildman–Crippen LogP) is 3.92. The summed E-state index contributed by atoms with van der Waals surface area (Å²) < 4.78 is 7.25. The number of hydrogen-bond acceptors (Lipinski definition) is 6. The number of fused-ring (bicyclic) bond motifs is 1. The van der Waals surface area contributed by atoms with E-state index in [0.717, 1.165) is 48.6 Å². The van der Waals surface area contributed by atoms with E-state index < -0.39 is 0 Å². The van der Waals surface area contributed by atoms with Crippen LogP contribution < -0.4 is 10.1 Å². The van der Waals surface area contributed by atoms with Crippen LogP contribution in [0.5, 0.6) is 5.75 Å². The molecule has 0 bridgehead atoms. The van der Waals surface area contributed by atoms with E-state index in [-0.39, 0.29) is 5.91 Å². The largest absolute Gasteiger partial charge is 0.497 e. The number of benzene rings is 2. The Bertz CT molecular complexity index is 1250. The number of nitrogens with one attached hydrogen (secondary N) is 1. The summed E-state index contributed by atoms with van der Waals surface area (Å²) in [5.41, 5.74) is 3.33. The first-order valence-electron chi connectivity index (χ1n) is 11.2. The molecule has 0 unspecified atom stereocenters. The Labute approximate surface area is 192 Å². The normalized spacial score (nSPS) is 13.6. The Kier molecular flexibility index (Phi) is 5.89. The van der Waals surface area contributed by atoms with Gasteiger partial charge in [0.15, 0.2) is 22.8 Å². The predicted molar refractivity (Wildman–Crippen MR) is 128 cm³/mol. The van der Waals surface area contributed by atoms with Crippen molar-refractivity contribution < 1.29 is 9.53 Å². The van der Waals surface area contributed by atoms with Crippen LogP contribution in [0.4, 0.5) is 5.82 Å². The van der Waals surface area contributed by atoms with Crippen LogP contribution in [0, 0.1) is 0 Å². The first-order chi connectivity index (χ1) is 16.2. The van der Waals surface area contributed by atoms with E-state index >= 15 is 0 Å². The molecule has 8 heteroatoms. The molecule has 0 atom stereocenters. The van der Waals surface area contributed by atoms with E-state index in [1.807, 2.05) is 64.1 Å². The lowest BCUT2D eigenvalue weighted by Crippen LogP contribution is -2.27. The summed E-state index contributed by atoms with van der Waals surface area (Å²) in [5, 5.41) is 3.43. The standard InChI is InChI=1S/C25H26N6O2/c1-33-20-12-10-18(11-13-20)23-28-24(26-14-6-16-30-15-5-9-21(30)32)22-25(29-23)31(17-27-22)19-7-3-2-4-8-19/h2-4,7-8,10-13,17H,5-6,9,14-16H2,1H3,(H,26,28,29). The van der Waals surface area contributed by atoms with Crippen molar-refractivity contribution in [1.29, 1.82) is 0 Å². The van der Waals surface area contributed by atoms with Crippen molar-refractivity contribution in [2.75, 3.05) is 32.1 Å². The average Bonchev–Trinajstić information content (AvgIpc) is 3.48. The number of nitrogens with zero attached hydrogens (tertiary/aromatic N) is 5. The molecular formula is C25H26N6O2. The number of anilines is 1. The summed E-state index contributed by atoms with van der Waals surface area (Å²) in [5.74, 6) is 2.33. The minimum atomic E-state index is 0.253. The quantitative estimate of drug-likeness (QED) is 0.417. The first kappa shape index (κ1) is 20.9. The van der Waals surface area contributed by atoms with Crippen molar-refractivity contribution in [3.05, 3.63) is 60.9 Å². The third-order valence-corrected chi connectivity index (χ3v) is 5.85. The van der Waals surface area contributed by atoms with Crippen LogP contribution >= 0.6 is 0 Å². The van der Waals surface area contributed by atoms with E-state index in [2.05, 4.69) is 10.3 Å². The molecule has 1 amide bonds. The van der Waals surface area contributed by atoms with Crippen LogP contribution in [0.3, 0.4) is 0 Å². The number of hydrogen-bond donors (Lipinski definition) is 1. The lowest BCUT2D eigenvalue weighted by molar-refractivity contribution is -0.127. The zero-order chi connectivity index (χ0) is 22.6. The van der Waals surface area contributed by atoms with Crippen LogP contribution in [0.2, 0.25) is 0 Å². The van der Waals surface area contributed by atoms with Gasteiger partial charge in [-0.15, -0.1) is 0 Å². The summed E-state index contributed by atoms with van der Waals surface area (Å²) in [7, 11) is 1.65. The number of ether oxygens (including phenoxy) is 1. The summed E-state index contributed by atoms with van der Waals surface area (Å²) in [6.07, 6.45) is 4.25. The number of likely N-dealkylation sites (tertiary alicyclic amines) is 1. The van der Waals surface area contributed by atoms with Crippen LogP contribution in [-0.2, 0) is 4.79 Å². The average molecular weight is 443 g/mol. The van der Waals surface area contributed by atoms with Gasteiger partial charge in [-0.2, -0.15) is 0 Å². The van der Waals surface area contributed by atoms with E-state index in [0.29, 0.717) is 30.1 Å². The number of aromatic nitrogens is 4. The number of amides is 1. The van der Waals surface area contributed by atoms with E-state index in [1.165, 1.54) is 0 Å². The molecule has 0 spiro atoms. The number of para-hydroxylation sites is 1. The van der Waals surface area contributed by atoms with Crippen LogP contribution in [0.25, 0.3) is 28.2 Å². The molecule has 2 aromatic carbocycles. The van der Waals surface area contributed by atoms with E-state index in [9.17, 15) is 4.79 Å². The number of carbonyl (C=O) groups is 1. The molecule has 1 fully saturated rings. The van der Waals surface area contributed by atoms with Gasteiger partial charge in [0.05, 0.1) is 7.11 Å². The highest BCUT2D eigenvalue weighted by Gasteiger charge is 2.19. The van der Waals surface area contributed by atoms with Crippen molar-refractivity contribution >= 4 is 22.9 Å². The molecule has 168 valence electrons. The minimum Gasteiger partial charge on any atom is -0.497 e. The molecule has 1 saturated heterocycles. The molecule has 4 aromatic rings. The van der Waals surface area contributed by atoms with Crippen LogP contribution in [-0.4, -0.2) is 57.1 Å². The molecule has 0 saturated carbocycles. The van der Waals surface area contributed by atoms with Crippen molar-refractivity contribution in [2.24, 2.45) is 0 Å². The lowest BCUT2D eigenvalue weighted by atomic mass is 10.2. The highest BCUT2D eigenvalue weighted by molar-refractivity contribution is 5.86.